The van der Waals surface area contributed by atoms with Crippen molar-refractivity contribution in [3.8, 4) is 0 Å². The van der Waals surface area contributed by atoms with Gasteiger partial charge in [-0.3, -0.25) is 10.9 Å². The van der Waals surface area contributed by atoms with E-state index in [1.165, 1.54) is 24.3 Å². The van der Waals surface area contributed by atoms with E-state index in [1.807, 2.05) is 4.72 Å². The first-order valence-corrected chi connectivity index (χ1v) is 8.23. The molecule has 0 aliphatic rings. The summed E-state index contributed by atoms with van der Waals surface area (Å²) in [6, 6.07) is 13.0. The van der Waals surface area contributed by atoms with Crippen molar-refractivity contribution in [1.82, 2.24) is 10.1 Å². The number of benzene rings is 2. The van der Waals surface area contributed by atoms with Gasteiger partial charge in [0.1, 0.15) is 4.90 Å². The van der Waals surface area contributed by atoms with Crippen LogP contribution in [0.4, 0.5) is 10.5 Å². The lowest BCUT2D eigenvalue weighted by Crippen LogP contribution is -2.42. The van der Waals surface area contributed by atoms with Crippen molar-refractivity contribution in [3.05, 3.63) is 60.2 Å². The molecular formula is C15H15N3O5S. The summed E-state index contributed by atoms with van der Waals surface area (Å²) in [4.78, 5) is 23.1. The third kappa shape index (κ3) is 4.23. The van der Waals surface area contributed by atoms with Crippen LogP contribution < -0.4 is 15.6 Å². The van der Waals surface area contributed by atoms with Crippen molar-refractivity contribution in [2.75, 3.05) is 12.5 Å². The summed E-state index contributed by atoms with van der Waals surface area (Å²) in [6.07, 6.45) is 0. The smallest absolute Gasteiger partial charge is 0.347 e. The minimum atomic E-state index is -4.25. The molecule has 0 unspecified atom stereocenters. The number of rotatable bonds is 5. The summed E-state index contributed by atoms with van der Waals surface area (Å²) in [5, 5.41) is 0. The Balaban J connectivity index is 2.11. The second kappa shape index (κ2) is 7.47. The quantitative estimate of drug-likeness (QED) is 0.557. The van der Waals surface area contributed by atoms with Crippen LogP contribution in [-0.2, 0) is 14.8 Å². The van der Waals surface area contributed by atoms with Crippen LogP contribution in [0, 0.1) is 0 Å². The summed E-state index contributed by atoms with van der Waals surface area (Å²) < 4.78 is 30.9. The van der Waals surface area contributed by atoms with Crippen molar-refractivity contribution in [2.24, 2.45) is 0 Å². The zero-order valence-corrected chi connectivity index (χ0v) is 13.5. The van der Waals surface area contributed by atoms with Crippen LogP contribution in [0.3, 0.4) is 0 Å². The molecule has 3 N–H and O–H groups in total. The van der Waals surface area contributed by atoms with E-state index in [9.17, 15) is 18.0 Å². The van der Waals surface area contributed by atoms with E-state index in [1.54, 1.807) is 30.3 Å². The number of para-hydroxylation sites is 1. The molecule has 0 fully saturated rings. The molecule has 2 amide bonds. The molecule has 8 nitrogen and oxygen atoms in total. The summed E-state index contributed by atoms with van der Waals surface area (Å²) in [7, 11) is -3.12. The SMILES string of the molecule is COC(=O)c1ccccc1S(=O)(=O)NC(=O)NNc1ccccc1. The molecule has 2 aromatic rings. The molecular weight excluding hydrogens is 334 g/mol. The number of carbonyl (C=O) groups excluding carboxylic acids is 2. The van der Waals surface area contributed by atoms with Crippen LogP contribution in [0.15, 0.2) is 59.5 Å². The van der Waals surface area contributed by atoms with Gasteiger partial charge in [-0.1, -0.05) is 30.3 Å². The molecule has 0 saturated carbocycles. The van der Waals surface area contributed by atoms with E-state index in [-0.39, 0.29) is 10.5 Å². The Morgan fingerprint density at radius 1 is 0.958 bits per heavy atom. The predicted octanol–water partition coefficient (Wildman–Crippen LogP) is 1.49. The largest absolute Gasteiger partial charge is 0.465 e. The number of carbonyl (C=O) groups is 2. The topological polar surface area (TPSA) is 114 Å². The first-order chi connectivity index (χ1) is 11.4. The van der Waals surface area contributed by atoms with E-state index in [0.29, 0.717) is 5.69 Å². The fraction of sp³-hybridized carbons (Fsp3) is 0.0667. The van der Waals surface area contributed by atoms with Gasteiger partial charge in [0, 0.05) is 0 Å². The molecule has 0 atom stereocenters. The fourth-order valence-corrected chi connectivity index (χ4v) is 2.94. The predicted molar refractivity (Wildman–Crippen MR) is 86.7 cm³/mol. The van der Waals surface area contributed by atoms with Gasteiger partial charge in [-0.2, -0.15) is 0 Å². The first-order valence-electron chi connectivity index (χ1n) is 6.75. The van der Waals surface area contributed by atoms with Gasteiger partial charge in [-0.25, -0.2) is 22.7 Å². The molecule has 0 aromatic heterocycles. The Morgan fingerprint density at radius 3 is 2.25 bits per heavy atom. The molecule has 9 heteroatoms. The third-order valence-corrected chi connectivity index (χ3v) is 4.29. The van der Waals surface area contributed by atoms with Crippen molar-refractivity contribution < 1.29 is 22.7 Å². The second-order valence-electron chi connectivity index (χ2n) is 4.54. The number of hydrogen-bond acceptors (Lipinski definition) is 6. The average Bonchev–Trinajstić information content (AvgIpc) is 2.60. The van der Waals surface area contributed by atoms with E-state index in [0.717, 1.165) is 7.11 Å². The van der Waals surface area contributed by atoms with Gasteiger partial charge < -0.3 is 4.74 Å². The molecule has 2 aromatic carbocycles. The maximum atomic E-state index is 12.3. The number of sulfonamides is 1. The Morgan fingerprint density at radius 2 is 1.58 bits per heavy atom. The number of anilines is 1. The highest BCUT2D eigenvalue weighted by atomic mass is 32.2. The molecule has 0 spiro atoms. The van der Waals surface area contributed by atoms with Crippen LogP contribution in [0.25, 0.3) is 0 Å². The number of hydrogen-bond donors (Lipinski definition) is 3. The number of amides is 2. The van der Waals surface area contributed by atoms with E-state index < -0.39 is 22.0 Å². The zero-order chi connectivity index (χ0) is 17.6. The van der Waals surface area contributed by atoms with Gasteiger partial charge in [0.15, 0.2) is 0 Å². The number of esters is 1. The standard InChI is InChI=1S/C15H15N3O5S/c1-23-14(19)12-9-5-6-10-13(12)24(21,22)18-15(20)17-16-11-7-3-2-4-8-11/h2-10,16H,1H3,(H2,17,18,20). The van der Waals surface area contributed by atoms with Gasteiger partial charge in [0.2, 0.25) is 0 Å². The highest BCUT2D eigenvalue weighted by Gasteiger charge is 2.24. The van der Waals surface area contributed by atoms with E-state index in [4.69, 9.17) is 0 Å². The lowest BCUT2D eigenvalue weighted by molar-refractivity contribution is 0.0596. The zero-order valence-electron chi connectivity index (χ0n) is 12.6. The second-order valence-corrected chi connectivity index (χ2v) is 6.19. The van der Waals surface area contributed by atoms with Crippen molar-refractivity contribution in [2.45, 2.75) is 4.90 Å². The minimum Gasteiger partial charge on any atom is -0.465 e. The average molecular weight is 349 g/mol. The van der Waals surface area contributed by atoms with Crippen LogP contribution in [0.1, 0.15) is 10.4 Å². The van der Waals surface area contributed by atoms with Crippen molar-refractivity contribution >= 4 is 27.7 Å². The van der Waals surface area contributed by atoms with Crippen LogP contribution in [-0.4, -0.2) is 27.5 Å². The molecule has 0 bridgehead atoms. The molecule has 0 aliphatic carbocycles. The van der Waals surface area contributed by atoms with Crippen LogP contribution in [0.2, 0.25) is 0 Å². The summed E-state index contributed by atoms with van der Waals surface area (Å²) in [6.45, 7) is 0. The maximum Gasteiger partial charge on any atom is 0.347 e. The minimum absolute atomic E-state index is 0.170. The maximum absolute atomic E-state index is 12.3. The lowest BCUT2D eigenvalue weighted by Gasteiger charge is -2.12. The van der Waals surface area contributed by atoms with Crippen LogP contribution in [0.5, 0.6) is 0 Å². The summed E-state index contributed by atoms with van der Waals surface area (Å²) in [5.74, 6) is -0.821. The van der Waals surface area contributed by atoms with Gasteiger partial charge in [0.05, 0.1) is 18.4 Å². The monoisotopic (exact) mass is 349 g/mol. The number of hydrazine groups is 1. The summed E-state index contributed by atoms with van der Waals surface area (Å²) >= 11 is 0. The van der Waals surface area contributed by atoms with E-state index in [2.05, 4.69) is 15.6 Å². The third-order valence-electron chi connectivity index (χ3n) is 2.90. The fourth-order valence-electron chi connectivity index (χ4n) is 1.83. The molecule has 2 rings (SSSR count). The van der Waals surface area contributed by atoms with E-state index >= 15 is 0 Å². The molecule has 0 radical (unpaired) electrons. The number of urea groups is 1. The lowest BCUT2D eigenvalue weighted by atomic mass is 10.2. The van der Waals surface area contributed by atoms with Gasteiger partial charge in [-0.15, -0.1) is 0 Å². The molecule has 0 aliphatic heterocycles. The summed E-state index contributed by atoms with van der Waals surface area (Å²) in [5.41, 5.74) is 5.14. The Labute approximate surface area is 138 Å². The van der Waals surface area contributed by atoms with Crippen molar-refractivity contribution in [1.29, 1.82) is 0 Å². The Hall–Kier alpha value is -3.07. The first kappa shape index (κ1) is 17.3. The normalized spacial score (nSPS) is 10.5. The van der Waals surface area contributed by atoms with Gasteiger partial charge >= 0.3 is 12.0 Å². The Bertz CT molecular complexity index is 837. The Kier molecular flexibility index (Phi) is 5.38. The van der Waals surface area contributed by atoms with Crippen LogP contribution >= 0.6 is 0 Å². The molecule has 0 heterocycles. The number of nitrogens with one attached hydrogen (secondary N) is 3. The van der Waals surface area contributed by atoms with Gasteiger partial charge in [-0.05, 0) is 24.3 Å². The highest BCUT2D eigenvalue weighted by Crippen LogP contribution is 2.16. The van der Waals surface area contributed by atoms with Crippen molar-refractivity contribution in [3.63, 3.8) is 0 Å². The molecule has 24 heavy (non-hydrogen) atoms. The number of ether oxygens (including phenoxy) is 1. The molecule has 126 valence electrons. The number of methoxy groups -OCH3 is 1. The van der Waals surface area contributed by atoms with Gasteiger partial charge in [0.25, 0.3) is 10.0 Å². The highest BCUT2D eigenvalue weighted by molar-refractivity contribution is 7.90. The molecule has 0 saturated heterocycles.